The van der Waals surface area contributed by atoms with E-state index < -0.39 is 36.0 Å². The minimum Gasteiger partial charge on any atom is -0.260 e. The zero-order valence-corrected chi connectivity index (χ0v) is 22.2. The smallest absolute Gasteiger partial charge is 0.260 e. The molecule has 2 rings (SSSR count). The zero-order valence-electron chi connectivity index (χ0n) is 22.2. The topological polar surface area (TPSA) is 240 Å². The maximum Gasteiger partial charge on any atom is 0.361 e. The Hall–Kier alpha value is -4.36. The molecule has 0 aromatic heterocycles. The Labute approximate surface area is 223 Å². The third-order valence-electron chi connectivity index (χ3n) is 4.59. The first-order chi connectivity index (χ1) is 17.8. The molecule has 0 unspecified atom stereocenters. The van der Waals surface area contributed by atoms with Gasteiger partial charge in [0.15, 0.2) is 0 Å². The molecular weight excluding hydrogens is 488 g/mol. The lowest BCUT2D eigenvalue weighted by molar-refractivity contribution is -0.485. The average molecular weight is 513 g/mol. The molecule has 2 saturated heterocycles. The van der Waals surface area contributed by atoms with Crippen molar-refractivity contribution in [3.63, 3.8) is 0 Å². The molecule has 2 heterocycles. The van der Waals surface area contributed by atoms with Gasteiger partial charge in [-0.05, 0) is 0 Å². The summed E-state index contributed by atoms with van der Waals surface area (Å²) in [5, 5.41) is 76.4. The molecule has 0 saturated carbocycles. The number of amidine groups is 2. The third kappa shape index (κ3) is 6.69. The molecule has 0 N–H and O–H groups in total. The van der Waals surface area contributed by atoms with Crippen LogP contribution in [0.15, 0.2) is 0 Å². The molecule has 0 amide bonds. The summed E-state index contributed by atoms with van der Waals surface area (Å²) in [4.78, 5) is 4.24. The van der Waals surface area contributed by atoms with Crippen molar-refractivity contribution in [2.45, 2.75) is 11.3 Å². The Morgan fingerprint density at radius 1 is 0.553 bits per heavy atom. The van der Waals surface area contributed by atoms with E-state index in [0.29, 0.717) is 0 Å². The van der Waals surface area contributed by atoms with Gasteiger partial charge < -0.3 is 0 Å². The van der Waals surface area contributed by atoms with E-state index in [1.165, 1.54) is 35.9 Å². The molecule has 38 heavy (non-hydrogen) atoms. The van der Waals surface area contributed by atoms with Crippen LogP contribution >= 0.6 is 0 Å². The summed E-state index contributed by atoms with van der Waals surface area (Å²) in [6, 6.07) is 9.24. The summed E-state index contributed by atoms with van der Waals surface area (Å²) >= 11 is 0. The zero-order chi connectivity index (χ0) is 29.3. The van der Waals surface area contributed by atoms with Crippen molar-refractivity contribution in [2.24, 2.45) is 0 Å². The number of likely N-dealkylation sites (N-methyl/N-ethyl adjacent to an activating group) is 2. The van der Waals surface area contributed by atoms with Crippen LogP contribution in [0.25, 0.3) is 0 Å². The first-order valence-electron chi connectivity index (χ1n) is 10.5. The van der Waals surface area contributed by atoms with E-state index in [-0.39, 0.29) is 0 Å². The minimum atomic E-state index is -2.51. The Kier molecular flexibility index (Phi) is 11.1. The highest BCUT2D eigenvalue weighted by Crippen LogP contribution is 2.34. The number of rotatable bonds is 1. The molecule has 2 aliphatic rings. The fraction of sp³-hybridized carbons (Fsp3) is 0.455. The molecule has 16 heteroatoms. The van der Waals surface area contributed by atoms with Crippen molar-refractivity contribution in [3.8, 4) is 36.4 Å². The van der Waals surface area contributed by atoms with Crippen molar-refractivity contribution in [1.82, 2.24) is 41.7 Å². The van der Waals surface area contributed by atoms with Gasteiger partial charge in [0.05, 0.1) is 56.4 Å². The Morgan fingerprint density at radius 3 is 0.921 bits per heavy atom. The molecule has 0 aromatic carbocycles. The van der Waals surface area contributed by atoms with E-state index in [9.17, 15) is 10.5 Å². The quantitative estimate of drug-likeness (QED) is 0.194. The van der Waals surface area contributed by atoms with Gasteiger partial charge in [-0.15, -0.1) is 0 Å². The van der Waals surface area contributed by atoms with Gasteiger partial charge in [0.2, 0.25) is 36.0 Å². The maximum atomic E-state index is 9.52. The molecule has 10 radical (unpaired) electrons. The lowest BCUT2D eigenvalue weighted by atomic mass is 9.90. The molecule has 2 fully saturated rings. The van der Waals surface area contributed by atoms with Crippen LogP contribution in [0.5, 0.6) is 0 Å². The van der Waals surface area contributed by atoms with Crippen LogP contribution in [0, 0.1) is 92.6 Å². The SMILES string of the molecule is CN(C)C(C(N(C)C)=[N+](C)C)=[N+](C)C.N#C[C]1[N][C](C#N)[N]C(C#N)(C2(C#N)[N][C](C#N)[N][C](C#N)[N]2)[N]1. The molecule has 190 valence electrons. The van der Waals surface area contributed by atoms with Gasteiger partial charge in [-0.1, -0.05) is 0 Å². The lowest BCUT2D eigenvalue weighted by Crippen LogP contribution is -2.77. The van der Waals surface area contributed by atoms with E-state index in [1.807, 2.05) is 0 Å². The van der Waals surface area contributed by atoms with E-state index in [2.05, 4.69) is 107 Å². The van der Waals surface area contributed by atoms with Crippen LogP contribution in [0.2, 0.25) is 0 Å². The normalized spacial score (nSPS) is 18.8. The fourth-order valence-corrected chi connectivity index (χ4v) is 3.33. The monoisotopic (exact) mass is 512 g/mol. The van der Waals surface area contributed by atoms with E-state index >= 15 is 0 Å². The Balaban J connectivity index is 0.000000442. The van der Waals surface area contributed by atoms with Crippen LogP contribution < -0.4 is 31.9 Å². The molecule has 2 aliphatic heterocycles. The number of hydrogen-bond acceptors (Lipinski definition) is 6. The van der Waals surface area contributed by atoms with Gasteiger partial charge in [-0.25, -0.2) is 0 Å². The van der Waals surface area contributed by atoms with Crippen LogP contribution in [-0.4, -0.2) is 98.3 Å². The van der Waals surface area contributed by atoms with Gasteiger partial charge in [0.1, 0.15) is 36.4 Å². The summed E-state index contributed by atoms with van der Waals surface area (Å²) in [5.41, 5.74) is -5.03. The van der Waals surface area contributed by atoms with Gasteiger partial charge in [-0.2, -0.15) is 63.5 Å². The van der Waals surface area contributed by atoms with Crippen molar-refractivity contribution in [2.75, 3.05) is 56.4 Å². The summed E-state index contributed by atoms with van der Waals surface area (Å²) in [6.45, 7) is 0. The third-order valence-corrected chi connectivity index (χ3v) is 4.59. The molecule has 0 spiro atoms. The van der Waals surface area contributed by atoms with Gasteiger partial charge in [0, 0.05) is 0 Å². The van der Waals surface area contributed by atoms with Crippen molar-refractivity contribution >= 4 is 11.7 Å². The Bertz CT molecular complexity index is 1040. The summed E-state index contributed by atoms with van der Waals surface area (Å²) < 4.78 is 4.24. The second-order valence-electron chi connectivity index (χ2n) is 8.21. The number of nitriles is 6. The van der Waals surface area contributed by atoms with Crippen LogP contribution in [-0.2, 0) is 0 Å². The van der Waals surface area contributed by atoms with E-state index in [1.54, 1.807) is 12.1 Å². The first kappa shape index (κ1) is 31.7. The van der Waals surface area contributed by atoms with Gasteiger partial charge >= 0.3 is 11.7 Å². The van der Waals surface area contributed by atoms with Crippen molar-refractivity contribution in [3.05, 3.63) is 24.7 Å². The highest BCUT2D eigenvalue weighted by Gasteiger charge is 2.66. The van der Waals surface area contributed by atoms with Crippen LogP contribution in [0.4, 0.5) is 0 Å². The van der Waals surface area contributed by atoms with Crippen LogP contribution in [0.3, 0.4) is 0 Å². The van der Waals surface area contributed by atoms with Crippen LogP contribution in [0.1, 0.15) is 0 Å². The highest BCUT2D eigenvalue weighted by atomic mass is 15.5. The number of nitrogens with zero attached hydrogens (tertiary/aromatic N) is 16. The van der Waals surface area contributed by atoms with Gasteiger partial charge in [-0.3, -0.25) is 19.0 Å². The molecule has 16 nitrogen and oxygen atoms in total. The van der Waals surface area contributed by atoms with E-state index in [4.69, 9.17) is 21.0 Å². The molecule has 0 atom stereocenters. The Morgan fingerprint density at radius 2 is 0.789 bits per heavy atom. The summed E-state index contributed by atoms with van der Waals surface area (Å²) in [5.74, 6) is 2.39. The predicted molar refractivity (Wildman–Crippen MR) is 127 cm³/mol. The summed E-state index contributed by atoms with van der Waals surface area (Å²) in [7, 11) is 16.5. The summed E-state index contributed by atoms with van der Waals surface area (Å²) in [6.07, 6.45) is -2.43. The minimum absolute atomic E-state index is 0.609. The highest BCUT2D eigenvalue weighted by molar-refractivity contribution is 6.35. The molecular formula is C22H24N16+2. The maximum absolute atomic E-state index is 9.52. The second kappa shape index (κ2) is 13.3. The molecule has 0 aromatic rings. The molecule has 0 bridgehead atoms. The van der Waals surface area contributed by atoms with E-state index in [0.717, 1.165) is 0 Å². The van der Waals surface area contributed by atoms with Crippen molar-refractivity contribution in [1.29, 1.82) is 31.6 Å². The predicted octanol–water partition coefficient (Wildman–Crippen LogP) is -3.42. The second-order valence-corrected chi connectivity index (χ2v) is 8.21. The lowest BCUT2D eigenvalue weighted by Gasteiger charge is -2.44. The fourth-order valence-electron chi connectivity index (χ4n) is 3.33. The molecule has 0 aliphatic carbocycles. The first-order valence-corrected chi connectivity index (χ1v) is 10.5. The standard InChI is InChI=1S/C12N12.C10H24N4/c13-1-7-19-8(2-14)22-11(5-17,21-7)12(6-18)23-9(3-15)20-10(4-16)24-12;1-11(2)9(12(3)4)10(13(5)6)14(7)8/h;1-8H3/q;+2. The van der Waals surface area contributed by atoms with Gasteiger partial charge in [0.25, 0.3) is 0 Å². The van der Waals surface area contributed by atoms with Crippen molar-refractivity contribution < 1.29 is 9.15 Å². The number of hydrogen-bond donors (Lipinski definition) is 0. The average Bonchev–Trinajstić information content (AvgIpc) is 2.89. The largest absolute Gasteiger partial charge is 0.361 e.